The zero-order chi connectivity index (χ0) is 20.4. The van der Waals surface area contributed by atoms with Gasteiger partial charge in [0.25, 0.3) is 10.0 Å². The van der Waals surface area contributed by atoms with E-state index >= 15 is 0 Å². The lowest BCUT2D eigenvalue weighted by molar-refractivity contribution is 0.590. The van der Waals surface area contributed by atoms with E-state index in [2.05, 4.69) is 10.1 Å². The van der Waals surface area contributed by atoms with Crippen molar-refractivity contribution in [3.63, 3.8) is 0 Å². The highest BCUT2D eigenvalue weighted by atomic mass is 32.2. The molecule has 2 aromatic heterocycles. The summed E-state index contributed by atoms with van der Waals surface area (Å²) in [5, 5.41) is 6.71. The summed E-state index contributed by atoms with van der Waals surface area (Å²) in [6.07, 6.45) is 1.61. The van der Waals surface area contributed by atoms with Crippen molar-refractivity contribution >= 4 is 26.5 Å². The van der Waals surface area contributed by atoms with E-state index < -0.39 is 10.0 Å². The Kier molecular flexibility index (Phi) is 5.21. The van der Waals surface area contributed by atoms with Gasteiger partial charge in [-0.25, -0.2) is 22.4 Å². The molecule has 4 rings (SSSR count). The van der Waals surface area contributed by atoms with Gasteiger partial charge in [-0.15, -0.1) is 11.3 Å². The fourth-order valence-corrected chi connectivity index (χ4v) is 5.41. The standard InChI is InChI=1S/C21H20N4O2S2/c1-16-14-17(2)25(23-16)19-10-8-18(9-11-19)15-24(21-22-12-13-28-21)29(26,27)20-6-4-3-5-7-20/h3-14H,15H2,1-2H3. The highest BCUT2D eigenvalue weighted by Crippen LogP contribution is 2.27. The second-order valence-corrected chi connectivity index (χ2v) is 9.38. The first-order valence-corrected chi connectivity index (χ1v) is 11.4. The maximum absolute atomic E-state index is 13.2. The topological polar surface area (TPSA) is 68.1 Å². The summed E-state index contributed by atoms with van der Waals surface area (Å²) in [5.74, 6) is 0. The van der Waals surface area contributed by atoms with Crippen LogP contribution in [0.4, 0.5) is 5.13 Å². The summed E-state index contributed by atoms with van der Waals surface area (Å²) in [5.41, 5.74) is 3.80. The summed E-state index contributed by atoms with van der Waals surface area (Å²) in [6, 6.07) is 18.2. The van der Waals surface area contributed by atoms with Crippen LogP contribution in [-0.2, 0) is 16.6 Å². The zero-order valence-corrected chi connectivity index (χ0v) is 17.7. The minimum absolute atomic E-state index is 0.197. The molecule has 0 atom stereocenters. The van der Waals surface area contributed by atoms with Gasteiger partial charge < -0.3 is 0 Å². The van der Waals surface area contributed by atoms with E-state index in [1.807, 2.05) is 48.9 Å². The summed E-state index contributed by atoms with van der Waals surface area (Å²) >= 11 is 1.30. The van der Waals surface area contributed by atoms with Crippen LogP contribution in [0.3, 0.4) is 0 Å². The van der Waals surface area contributed by atoms with Gasteiger partial charge in [0.05, 0.1) is 22.8 Å². The van der Waals surface area contributed by atoms with Crippen LogP contribution in [0, 0.1) is 13.8 Å². The van der Waals surface area contributed by atoms with Crippen molar-refractivity contribution in [2.75, 3.05) is 4.31 Å². The van der Waals surface area contributed by atoms with Crippen LogP contribution in [0.15, 0.2) is 77.1 Å². The minimum atomic E-state index is -3.72. The second-order valence-electron chi connectivity index (χ2n) is 6.64. The third-order valence-corrected chi connectivity index (χ3v) is 7.14. The molecule has 0 radical (unpaired) electrons. The molecule has 6 nitrogen and oxygen atoms in total. The van der Waals surface area contributed by atoms with E-state index in [-0.39, 0.29) is 11.4 Å². The van der Waals surface area contributed by atoms with Crippen LogP contribution in [0.5, 0.6) is 0 Å². The zero-order valence-electron chi connectivity index (χ0n) is 16.1. The molecule has 0 aliphatic heterocycles. The number of benzene rings is 2. The van der Waals surface area contributed by atoms with Crippen molar-refractivity contribution in [2.24, 2.45) is 0 Å². The summed E-state index contributed by atoms with van der Waals surface area (Å²) in [7, 11) is -3.72. The molecule has 0 N–H and O–H groups in total. The fourth-order valence-electron chi connectivity index (χ4n) is 3.11. The number of thiazole rings is 1. The minimum Gasteiger partial charge on any atom is -0.238 e. The summed E-state index contributed by atoms with van der Waals surface area (Å²) < 4.78 is 29.7. The molecule has 2 aromatic carbocycles. The molecule has 0 spiro atoms. The molecule has 2 heterocycles. The lowest BCUT2D eigenvalue weighted by atomic mass is 10.2. The van der Waals surface area contributed by atoms with Crippen LogP contribution in [0.1, 0.15) is 17.0 Å². The SMILES string of the molecule is Cc1cc(C)n(-c2ccc(CN(c3nccs3)S(=O)(=O)c3ccccc3)cc2)n1. The molecule has 4 aromatic rings. The molecular weight excluding hydrogens is 404 g/mol. The van der Waals surface area contributed by atoms with Gasteiger partial charge in [0.1, 0.15) is 0 Å². The fraction of sp³-hybridized carbons (Fsp3) is 0.143. The number of hydrogen-bond donors (Lipinski definition) is 0. The average molecular weight is 425 g/mol. The van der Waals surface area contributed by atoms with Crippen molar-refractivity contribution in [3.05, 3.63) is 89.2 Å². The number of nitrogens with zero attached hydrogens (tertiary/aromatic N) is 4. The van der Waals surface area contributed by atoms with Crippen LogP contribution in [-0.4, -0.2) is 23.2 Å². The predicted octanol–water partition coefficient (Wildman–Crippen LogP) is 4.34. The van der Waals surface area contributed by atoms with E-state index in [9.17, 15) is 8.42 Å². The molecule has 0 aliphatic rings. The number of sulfonamides is 1. The molecule has 0 saturated heterocycles. The van der Waals surface area contributed by atoms with E-state index in [1.54, 1.807) is 41.9 Å². The first-order chi connectivity index (χ1) is 13.9. The molecule has 148 valence electrons. The Labute approximate surface area is 174 Å². The van der Waals surface area contributed by atoms with Gasteiger partial charge in [0.15, 0.2) is 5.13 Å². The van der Waals surface area contributed by atoms with Crippen LogP contribution >= 0.6 is 11.3 Å². The van der Waals surface area contributed by atoms with Crippen molar-refractivity contribution < 1.29 is 8.42 Å². The Hall–Kier alpha value is -2.97. The normalized spacial score (nSPS) is 11.5. The van der Waals surface area contributed by atoms with E-state index in [0.29, 0.717) is 5.13 Å². The number of aromatic nitrogens is 3. The van der Waals surface area contributed by atoms with Crippen molar-refractivity contribution in [1.29, 1.82) is 0 Å². The largest absolute Gasteiger partial charge is 0.266 e. The van der Waals surface area contributed by atoms with Gasteiger partial charge in [-0.1, -0.05) is 30.3 Å². The van der Waals surface area contributed by atoms with Crippen molar-refractivity contribution in [2.45, 2.75) is 25.3 Å². The third kappa shape index (κ3) is 3.94. The molecule has 0 unspecified atom stereocenters. The van der Waals surface area contributed by atoms with Crippen LogP contribution < -0.4 is 4.31 Å². The van der Waals surface area contributed by atoms with Crippen molar-refractivity contribution in [3.8, 4) is 5.69 Å². The van der Waals surface area contributed by atoms with Gasteiger partial charge in [0, 0.05) is 17.3 Å². The van der Waals surface area contributed by atoms with Gasteiger partial charge in [0.2, 0.25) is 0 Å². The average Bonchev–Trinajstić information content (AvgIpc) is 3.36. The Bertz CT molecular complexity index is 1200. The Morgan fingerprint density at radius 2 is 1.76 bits per heavy atom. The molecule has 29 heavy (non-hydrogen) atoms. The molecule has 0 saturated carbocycles. The number of anilines is 1. The van der Waals surface area contributed by atoms with Gasteiger partial charge in [-0.05, 0) is 49.7 Å². The third-order valence-electron chi connectivity index (χ3n) is 4.48. The van der Waals surface area contributed by atoms with Crippen LogP contribution in [0.2, 0.25) is 0 Å². The van der Waals surface area contributed by atoms with E-state index in [1.165, 1.54) is 15.6 Å². The summed E-state index contributed by atoms with van der Waals surface area (Å²) in [4.78, 5) is 4.48. The van der Waals surface area contributed by atoms with Gasteiger partial charge in [-0.3, -0.25) is 0 Å². The molecule has 8 heteroatoms. The Morgan fingerprint density at radius 1 is 1.03 bits per heavy atom. The Morgan fingerprint density at radius 3 is 2.34 bits per heavy atom. The maximum atomic E-state index is 13.2. The molecule has 0 aliphatic carbocycles. The lowest BCUT2D eigenvalue weighted by Gasteiger charge is -2.22. The lowest BCUT2D eigenvalue weighted by Crippen LogP contribution is -2.30. The molecular formula is C21H20N4O2S2. The van der Waals surface area contributed by atoms with E-state index in [0.717, 1.165) is 22.6 Å². The highest BCUT2D eigenvalue weighted by Gasteiger charge is 2.26. The van der Waals surface area contributed by atoms with Crippen molar-refractivity contribution in [1.82, 2.24) is 14.8 Å². The second kappa shape index (κ2) is 7.81. The predicted molar refractivity (Wildman–Crippen MR) is 115 cm³/mol. The Balaban J connectivity index is 1.66. The van der Waals surface area contributed by atoms with Gasteiger partial charge >= 0.3 is 0 Å². The highest BCUT2D eigenvalue weighted by molar-refractivity contribution is 7.93. The summed E-state index contributed by atoms with van der Waals surface area (Å²) in [6.45, 7) is 4.16. The smallest absolute Gasteiger partial charge is 0.238 e. The number of hydrogen-bond acceptors (Lipinski definition) is 5. The van der Waals surface area contributed by atoms with E-state index in [4.69, 9.17) is 0 Å². The molecule has 0 amide bonds. The van der Waals surface area contributed by atoms with Gasteiger partial charge in [-0.2, -0.15) is 5.10 Å². The first-order valence-electron chi connectivity index (χ1n) is 9.05. The maximum Gasteiger partial charge on any atom is 0.266 e. The molecule has 0 fully saturated rings. The van der Waals surface area contributed by atoms with Crippen LogP contribution in [0.25, 0.3) is 5.69 Å². The quantitative estimate of drug-likeness (QED) is 0.462. The first kappa shape index (κ1) is 19.4. The monoisotopic (exact) mass is 424 g/mol. The molecule has 0 bridgehead atoms. The number of rotatable bonds is 6. The number of aryl methyl sites for hydroxylation is 2.